The van der Waals surface area contributed by atoms with Crippen molar-refractivity contribution in [1.29, 1.82) is 0 Å². The second kappa shape index (κ2) is 4.61. The highest BCUT2D eigenvalue weighted by molar-refractivity contribution is 4.93. The molecule has 0 amide bonds. The number of likely N-dealkylation sites (tertiary alicyclic amines) is 1. The fourth-order valence-electron chi connectivity index (χ4n) is 1.69. The molecule has 1 saturated heterocycles. The van der Waals surface area contributed by atoms with Crippen molar-refractivity contribution in [3.63, 3.8) is 0 Å². The van der Waals surface area contributed by atoms with E-state index < -0.39 is 6.17 Å². The summed E-state index contributed by atoms with van der Waals surface area (Å²) in [5, 5.41) is 0. The summed E-state index contributed by atoms with van der Waals surface area (Å²) in [4.78, 5) is 4.02. The number of halogens is 1. The predicted octanol–water partition coefficient (Wildman–Crippen LogP) is 1.49. The summed E-state index contributed by atoms with van der Waals surface area (Å²) in [6.45, 7) is 3.47. The number of likely N-dealkylation sites (N-methyl/N-ethyl adjacent to an activating group) is 2. The summed E-state index contributed by atoms with van der Waals surface area (Å²) in [6, 6.07) is 0.0350. The van der Waals surface area contributed by atoms with Crippen LogP contribution in [0, 0.1) is 0 Å². The first-order valence-electron chi connectivity index (χ1n) is 4.86. The lowest BCUT2D eigenvalue weighted by Crippen LogP contribution is -2.35. The minimum absolute atomic E-state index is 0.0350. The van der Waals surface area contributed by atoms with Gasteiger partial charge < -0.3 is 9.80 Å². The summed E-state index contributed by atoms with van der Waals surface area (Å²) in [7, 11) is 3.91. The number of nitrogens with zero attached hydrogens (tertiary/aromatic N) is 2. The number of rotatable bonds is 3. The molecule has 1 heterocycles. The van der Waals surface area contributed by atoms with E-state index in [1.54, 1.807) is 0 Å². The lowest BCUT2D eigenvalue weighted by Gasteiger charge is -2.23. The average Bonchev–Trinajstić information content (AvgIpc) is 2.41. The van der Waals surface area contributed by atoms with E-state index in [4.69, 9.17) is 0 Å². The van der Waals surface area contributed by atoms with Crippen LogP contribution in [0.25, 0.3) is 0 Å². The van der Waals surface area contributed by atoms with Crippen LogP contribution in [-0.4, -0.2) is 49.2 Å². The monoisotopic (exact) mass is 186 g/mol. The number of hydrogen-bond donors (Lipinski definition) is 0. The van der Waals surface area contributed by atoms with E-state index >= 15 is 0 Å². The maximum atomic E-state index is 13.4. The van der Waals surface area contributed by atoms with E-state index in [-0.39, 0.29) is 6.04 Å². The van der Waals surface area contributed by atoms with Crippen molar-refractivity contribution < 1.29 is 4.39 Å². The maximum absolute atomic E-state index is 13.4. The SMILES string of the molecule is CC/C=C\N(C)C1CN(C)CC1F. The Labute approximate surface area is 80.0 Å². The molecule has 1 aliphatic heterocycles. The van der Waals surface area contributed by atoms with Crippen LogP contribution < -0.4 is 0 Å². The Morgan fingerprint density at radius 3 is 2.69 bits per heavy atom. The van der Waals surface area contributed by atoms with Crippen LogP contribution in [0.5, 0.6) is 0 Å². The van der Waals surface area contributed by atoms with Crippen molar-refractivity contribution in [2.45, 2.75) is 25.6 Å². The summed E-state index contributed by atoms with van der Waals surface area (Å²) < 4.78 is 13.4. The Kier molecular flexibility index (Phi) is 3.72. The smallest absolute Gasteiger partial charge is 0.134 e. The van der Waals surface area contributed by atoms with Crippen LogP contribution in [0.4, 0.5) is 4.39 Å². The Hall–Kier alpha value is -0.570. The van der Waals surface area contributed by atoms with Gasteiger partial charge in [0.05, 0.1) is 6.04 Å². The van der Waals surface area contributed by atoms with Gasteiger partial charge in [0.1, 0.15) is 6.17 Å². The number of hydrogen-bond acceptors (Lipinski definition) is 2. The van der Waals surface area contributed by atoms with Crippen LogP contribution >= 0.6 is 0 Å². The molecule has 0 radical (unpaired) electrons. The third-order valence-electron chi connectivity index (χ3n) is 2.50. The Morgan fingerprint density at radius 1 is 1.54 bits per heavy atom. The van der Waals surface area contributed by atoms with Crippen molar-refractivity contribution in [3.05, 3.63) is 12.3 Å². The molecule has 13 heavy (non-hydrogen) atoms. The van der Waals surface area contributed by atoms with Gasteiger partial charge in [-0.3, -0.25) is 0 Å². The maximum Gasteiger partial charge on any atom is 0.134 e. The standard InChI is InChI=1S/C10H19FN2/c1-4-5-6-13(3)10-8-12(2)7-9(10)11/h5-6,9-10H,4,7-8H2,1-3H3/b6-5-. The van der Waals surface area contributed by atoms with Crippen LogP contribution in [0.3, 0.4) is 0 Å². The van der Waals surface area contributed by atoms with Crippen LogP contribution in [-0.2, 0) is 0 Å². The highest BCUT2D eigenvalue weighted by atomic mass is 19.1. The van der Waals surface area contributed by atoms with Crippen LogP contribution in [0.15, 0.2) is 12.3 Å². The summed E-state index contributed by atoms with van der Waals surface area (Å²) in [5.74, 6) is 0. The molecule has 0 saturated carbocycles. The summed E-state index contributed by atoms with van der Waals surface area (Å²) in [6.07, 6.45) is 4.34. The molecule has 1 aliphatic rings. The predicted molar refractivity (Wildman–Crippen MR) is 53.4 cm³/mol. The molecule has 0 aromatic carbocycles. The van der Waals surface area contributed by atoms with Gasteiger partial charge in [-0.15, -0.1) is 0 Å². The molecule has 0 N–H and O–H groups in total. The molecule has 0 bridgehead atoms. The summed E-state index contributed by atoms with van der Waals surface area (Å²) in [5.41, 5.74) is 0. The molecule has 3 heteroatoms. The molecule has 1 fully saturated rings. The molecule has 2 unspecified atom stereocenters. The van der Waals surface area contributed by atoms with Crippen molar-refractivity contribution in [2.75, 3.05) is 27.2 Å². The molecule has 0 aromatic rings. The van der Waals surface area contributed by atoms with E-state index in [2.05, 4.69) is 13.0 Å². The fraction of sp³-hybridized carbons (Fsp3) is 0.800. The van der Waals surface area contributed by atoms with E-state index in [1.165, 1.54) is 0 Å². The topological polar surface area (TPSA) is 6.48 Å². The van der Waals surface area contributed by atoms with Crippen molar-refractivity contribution >= 4 is 0 Å². The zero-order valence-electron chi connectivity index (χ0n) is 8.70. The van der Waals surface area contributed by atoms with Gasteiger partial charge in [0.2, 0.25) is 0 Å². The Balaban J connectivity index is 2.46. The van der Waals surface area contributed by atoms with Gasteiger partial charge in [-0.25, -0.2) is 4.39 Å². The molecule has 0 spiro atoms. The van der Waals surface area contributed by atoms with Gasteiger partial charge in [0.15, 0.2) is 0 Å². The lowest BCUT2D eigenvalue weighted by molar-refractivity contribution is 0.221. The van der Waals surface area contributed by atoms with Crippen molar-refractivity contribution in [2.24, 2.45) is 0 Å². The average molecular weight is 186 g/mol. The van der Waals surface area contributed by atoms with Crippen LogP contribution in [0.2, 0.25) is 0 Å². The van der Waals surface area contributed by atoms with Gasteiger partial charge in [0.25, 0.3) is 0 Å². The first-order chi connectivity index (χ1) is 6.15. The molecular formula is C10H19FN2. The molecule has 1 rings (SSSR count). The molecule has 2 atom stereocenters. The normalized spacial score (nSPS) is 30.2. The molecule has 0 aromatic heterocycles. The largest absolute Gasteiger partial charge is 0.373 e. The first-order valence-corrected chi connectivity index (χ1v) is 4.86. The first kappa shape index (κ1) is 10.5. The third-order valence-corrected chi connectivity index (χ3v) is 2.50. The zero-order valence-corrected chi connectivity index (χ0v) is 8.70. The third kappa shape index (κ3) is 2.69. The summed E-state index contributed by atoms with van der Waals surface area (Å²) >= 11 is 0. The Bertz CT molecular complexity index is 182. The number of alkyl halides is 1. The second-order valence-electron chi connectivity index (χ2n) is 3.76. The fourth-order valence-corrected chi connectivity index (χ4v) is 1.69. The van der Waals surface area contributed by atoms with Crippen molar-refractivity contribution in [3.8, 4) is 0 Å². The van der Waals surface area contributed by atoms with E-state index in [1.807, 2.05) is 30.1 Å². The molecule has 2 nitrogen and oxygen atoms in total. The van der Waals surface area contributed by atoms with Crippen LogP contribution in [0.1, 0.15) is 13.3 Å². The minimum atomic E-state index is -0.712. The van der Waals surface area contributed by atoms with E-state index in [0.717, 1.165) is 13.0 Å². The Morgan fingerprint density at radius 2 is 2.23 bits per heavy atom. The van der Waals surface area contributed by atoms with Gasteiger partial charge in [0, 0.05) is 20.1 Å². The quantitative estimate of drug-likeness (QED) is 0.659. The zero-order chi connectivity index (χ0) is 9.84. The number of allylic oxidation sites excluding steroid dienone is 1. The van der Waals surface area contributed by atoms with E-state index in [9.17, 15) is 4.39 Å². The molecule has 0 aliphatic carbocycles. The highest BCUT2D eigenvalue weighted by Gasteiger charge is 2.32. The molecule has 76 valence electrons. The van der Waals surface area contributed by atoms with Gasteiger partial charge >= 0.3 is 0 Å². The second-order valence-corrected chi connectivity index (χ2v) is 3.76. The van der Waals surface area contributed by atoms with Crippen molar-refractivity contribution in [1.82, 2.24) is 9.80 Å². The minimum Gasteiger partial charge on any atom is -0.373 e. The highest BCUT2D eigenvalue weighted by Crippen LogP contribution is 2.16. The van der Waals surface area contributed by atoms with Gasteiger partial charge in [-0.1, -0.05) is 13.0 Å². The van der Waals surface area contributed by atoms with Gasteiger partial charge in [-0.05, 0) is 19.7 Å². The lowest BCUT2D eigenvalue weighted by atomic mass is 10.2. The molecular weight excluding hydrogens is 167 g/mol. The van der Waals surface area contributed by atoms with Gasteiger partial charge in [-0.2, -0.15) is 0 Å². The van der Waals surface area contributed by atoms with E-state index in [0.29, 0.717) is 6.54 Å².